The highest BCUT2D eigenvalue weighted by Gasteiger charge is 2.35. The van der Waals surface area contributed by atoms with Crippen LogP contribution in [-0.2, 0) is 6.18 Å². The van der Waals surface area contributed by atoms with Gasteiger partial charge in [-0.15, -0.1) is 5.10 Å². The summed E-state index contributed by atoms with van der Waals surface area (Å²) in [6, 6.07) is 6.41. The zero-order valence-corrected chi connectivity index (χ0v) is 10.0. The lowest BCUT2D eigenvalue weighted by atomic mass is 10.2. The molecule has 2 rings (SSSR count). The number of rotatable bonds is 2. The standard InChI is InChI=1S/C10H6F3N5S/c11-10(12,13)8-16-9(18-17-8)19-7-2-1-6(15)3-5(7)4-14/h1-3H,15H2,(H,16,17,18). The quantitative estimate of drug-likeness (QED) is 0.827. The van der Waals surface area contributed by atoms with Gasteiger partial charge in [0, 0.05) is 10.6 Å². The fourth-order valence-corrected chi connectivity index (χ4v) is 2.02. The SMILES string of the molecule is N#Cc1cc(N)ccc1Sc1n[nH]c(C(F)(F)F)n1. The van der Waals surface area contributed by atoms with Crippen LogP contribution in [0.2, 0.25) is 0 Å². The molecule has 2 aromatic rings. The van der Waals surface area contributed by atoms with E-state index in [9.17, 15) is 13.2 Å². The van der Waals surface area contributed by atoms with E-state index < -0.39 is 12.0 Å². The molecule has 98 valence electrons. The van der Waals surface area contributed by atoms with Crippen molar-refractivity contribution in [2.24, 2.45) is 0 Å². The van der Waals surface area contributed by atoms with Crippen LogP contribution in [0.1, 0.15) is 11.4 Å². The number of halogens is 3. The first-order valence-corrected chi connectivity index (χ1v) is 5.69. The van der Waals surface area contributed by atoms with Crippen molar-refractivity contribution in [3.05, 3.63) is 29.6 Å². The summed E-state index contributed by atoms with van der Waals surface area (Å²) >= 11 is 0.853. The predicted molar refractivity (Wildman–Crippen MR) is 61.1 cm³/mol. The van der Waals surface area contributed by atoms with Crippen LogP contribution in [0.15, 0.2) is 28.3 Å². The summed E-state index contributed by atoms with van der Waals surface area (Å²) in [5.41, 5.74) is 6.16. The number of nitrogens with two attached hydrogens (primary N) is 1. The zero-order valence-electron chi connectivity index (χ0n) is 9.19. The maximum atomic E-state index is 12.3. The molecule has 9 heteroatoms. The van der Waals surface area contributed by atoms with Crippen molar-refractivity contribution in [2.45, 2.75) is 16.2 Å². The van der Waals surface area contributed by atoms with E-state index in [1.165, 1.54) is 12.1 Å². The fraction of sp³-hybridized carbons (Fsp3) is 0.100. The van der Waals surface area contributed by atoms with Gasteiger partial charge in [0.05, 0.1) is 5.56 Å². The van der Waals surface area contributed by atoms with Crippen molar-refractivity contribution in [1.82, 2.24) is 15.2 Å². The first kappa shape index (κ1) is 13.2. The summed E-state index contributed by atoms with van der Waals surface area (Å²) in [5, 5.41) is 14.0. The lowest BCUT2D eigenvalue weighted by molar-refractivity contribution is -0.144. The van der Waals surface area contributed by atoms with Crippen molar-refractivity contribution in [1.29, 1.82) is 5.26 Å². The Labute approximate surface area is 109 Å². The number of hydrogen-bond acceptors (Lipinski definition) is 5. The minimum atomic E-state index is -4.58. The molecule has 0 radical (unpaired) electrons. The number of nitrogens with one attached hydrogen (secondary N) is 1. The average Bonchev–Trinajstić information content (AvgIpc) is 2.79. The van der Waals surface area contributed by atoms with Gasteiger partial charge in [-0.3, -0.25) is 5.10 Å². The number of aromatic nitrogens is 3. The molecule has 0 spiro atoms. The van der Waals surface area contributed by atoms with Gasteiger partial charge in [-0.25, -0.2) is 0 Å². The molecule has 5 nitrogen and oxygen atoms in total. The van der Waals surface area contributed by atoms with Gasteiger partial charge in [-0.1, -0.05) is 0 Å². The largest absolute Gasteiger partial charge is 0.451 e. The Bertz CT molecular complexity index is 643. The highest BCUT2D eigenvalue weighted by atomic mass is 32.2. The summed E-state index contributed by atoms with van der Waals surface area (Å²) in [7, 11) is 0. The van der Waals surface area contributed by atoms with Crippen LogP contribution in [0.3, 0.4) is 0 Å². The number of nitriles is 1. The minimum Gasteiger partial charge on any atom is -0.399 e. The van der Waals surface area contributed by atoms with Gasteiger partial charge >= 0.3 is 6.18 Å². The third kappa shape index (κ3) is 2.97. The van der Waals surface area contributed by atoms with Gasteiger partial charge in [0.1, 0.15) is 6.07 Å². The van der Waals surface area contributed by atoms with E-state index in [1.807, 2.05) is 6.07 Å². The molecule has 0 aliphatic carbocycles. The van der Waals surface area contributed by atoms with E-state index in [0.29, 0.717) is 10.6 Å². The molecule has 0 aliphatic heterocycles. The lowest BCUT2D eigenvalue weighted by Crippen LogP contribution is -2.07. The summed E-state index contributed by atoms with van der Waals surface area (Å²) in [6.45, 7) is 0. The highest BCUT2D eigenvalue weighted by molar-refractivity contribution is 7.99. The number of hydrogen-bond donors (Lipinski definition) is 2. The average molecular weight is 285 g/mol. The second-order valence-electron chi connectivity index (χ2n) is 3.43. The zero-order chi connectivity index (χ0) is 14.0. The Kier molecular flexibility index (Phi) is 3.35. The molecule has 0 atom stereocenters. The van der Waals surface area contributed by atoms with Crippen LogP contribution in [0.25, 0.3) is 0 Å². The third-order valence-corrected chi connectivity index (χ3v) is 3.00. The van der Waals surface area contributed by atoms with Crippen molar-refractivity contribution in [3.8, 4) is 6.07 Å². The molecular formula is C10H6F3N5S. The minimum absolute atomic E-state index is 0.117. The Morgan fingerprint density at radius 1 is 1.37 bits per heavy atom. The van der Waals surface area contributed by atoms with Gasteiger partial charge in [0.25, 0.3) is 0 Å². The summed E-state index contributed by atoms with van der Waals surface area (Å²) in [4.78, 5) is 3.74. The van der Waals surface area contributed by atoms with Gasteiger partial charge in [0.15, 0.2) is 0 Å². The first-order chi connectivity index (χ1) is 8.90. The Hall–Kier alpha value is -2.21. The van der Waals surface area contributed by atoms with Crippen molar-refractivity contribution in [3.63, 3.8) is 0 Å². The fourth-order valence-electron chi connectivity index (χ4n) is 1.24. The van der Waals surface area contributed by atoms with E-state index in [0.717, 1.165) is 11.8 Å². The molecule has 0 saturated carbocycles. The summed E-state index contributed by atoms with van der Waals surface area (Å²) in [6.07, 6.45) is -4.58. The smallest absolute Gasteiger partial charge is 0.399 e. The van der Waals surface area contributed by atoms with Gasteiger partial charge in [-0.2, -0.15) is 23.4 Å². The Morgan fingerprint density at radius 3 is 2.68 bits per heavy atom. The van der Waals surface area contributed by atoms with E-state index in [4.69, 9.17) is 11.0 Å². The normalized spacial score (nSPS) is 11.3. The number of benzene rings is 1. The van der Waals surface area contributed by atoms with E-state index in [-0.39, 0.29) is 10.7 Å². The second kappa shape index (κ2) is 4.81. The number of nitrogens with zero attached hydrogens (tertiary/aromatic N) is 3. The maximum Gasteiger partial charge on any atom is 0.451 e. The monoisotopic (exact) mass is 285 g/mol. The van der Waals surface area contributed by atoms with E-state index >= 15 is 0 Å². The van der Waals surface area contributed by atoms with Crippen LogP contribution in [0.5, 0.6) is 0 Å². The molecular weight excluding hydrogens is 279 g/mol. The number of aromatic amines is 1. The topological polar surface area (TPSA) is 91.4 Å². The van der Waals surface area contributed by atoms with Crippen molar-refractivity contribution < 1.29 is 13.2 Å². The molecule has 1 heterocycles. The molecule has 0 bridgehead atoms. The number of H-pyrrole nitrogens is 1. The van der Waals surface area contributed by atoms with E-state index in [2.05, 4.69) is 10.1 Å². The first-order valence-electron chi connectivity index (χ1n) is 4.87. The van der Waals surface area contributed by atoms with Crippen LogP contribution in [0.4, 0.5) is 18.9 Å². The lowest BCUT2D eigenvalue weighted by Gasteiger charge is -2.01. The molecule has 1 aromatic carbocycles. The van der Waals surface area contributed by atoms with Crippen molar-refractivity contribution in [2.75, 3.05) is 5.73 Å². The third-order valence-electron chi connectivity index (χ3n) is 2.06. The van der Waals surface area contributed by atoms with Gasteiger partial charge in [-0.05, 0) is 30.0 Å². The number of alkyl halides is 3. The molecule has 0 aliphatic rings. The summed E-state index contributed by atoms with van der Waals surface area (Å²) in [5.74, 6) is -1.18. The van der Waals surface area contributed by atoms with Gasteiger partial charge in [0.2, 0.25) is 11.0 Å². The molecule has 0 amide bonds. The van der Waals surface area contributed by atoms with Crippen LogP contribution in [0, 0.1) is 11.3 Å². The molecule has 0 saturated heterocycles. The highest BCUT2D eigenvalue weighted by Crippen LogP contribution is 2.31. The summed E-state index contributed by atoms with van der Waals surface area (Å²) < 4.78 is 37.0. The Morgan fingerprint density at radius 2 is 2.11 bits per heavy atom. The van der Waals surface area contributed by atoms with Crippen LogP contribution < -0.4 is 5.73 Å². The Balaban J connectivity index is 2.27. The second-order valence-corrected chi connectivity index (χ2v) is 4.44. The molecule has 0 fully saturated rings. The number of nitrogen functional groups attached to an aromatic ring is 1. The van der Waals surface area contributed by atoms with Gasteiger partial charge < -0.3 is 5.73 Å². The van der Waals surface area contributed by atoms with Crippen molar-refractivity contribution >= 4 is 17.4 Å². The predicted octanol–water partition coefficient (Wildman–Crippen LogP) is 2.43. The van der Waals surface area contributed by atoms with E-state index in [1.54, 1.807) is 11.2 Å². The van der Waals surface area contributed by atoms with Crippen LogP contribution >= 0.6 is 11.8 Å². The number of anilines is 1. The molecule has 19 heavy (non-hydrogen) atoms. The maximum absolute atomic E-state index is 12.3. The van der Waals surface area contributed by atoms with Crippen LogP contribution in [-0.4, -0.2) is 15.2 Å². The molecule has 0 unspecified atom stereocenters. The molecule has 1 aromatic heterocycles. The molecule has 3 N–H and O–H groups in total.